The van der Waals surface area contributed by atoms with Crippen LogP contribution in [-0.2, 0) is 17.1 Å². The minimum Gasteiger partial charge on any atom is -0.398 e. The number of nitrogens with zero attached hydrogens (tertiary/aromatic N) is 2. The Morgan fingerprint density at radius 3 is 2.68 bits per heavy atom. The molecule has 1 aromatic carbocycles. The van der Waals surface area contributed by atoms with Crippen LogP contribution >= 0.6 is 11.6 Å². The molecule has 2 aromatic rings. The van der Waals surface area contributed by atoms with Crippen LogP contribution in [0.3, 0.4) is 0 Å². The lowest BCUT2D eigenvalue weighted by Crippen LogP contribution is -2.16. The lowest BCUT2D eigenvalue weighted by molar-refractivity contribution is 0.600. The van der Waals surface area contributed by atoms with E-state index in [1.165, 1.54) is 23.0 Å². The number of sulfonamides is 1. The molecule has 0 saturated heterocycles. The molecule has 0 atom stereocenters. The molecule has 0 aliphatic carbocycles. The summed E-state index contributed by atoms with van der Waals surface area (Å²) in [7, 11) is -2.17. The first-order valence-corrected chi connectivity index (χ1v) is 7.24. The monoisotopic (exact) mass is 300 g/mol. The molecule has 102 valence electrons. The molecule has 0 aliphatic rings. The van der Waals surface area contributed by atoms with E-state index in [0.29, 0.717) is 11.5 Å². The van der Waals surface area contributed by atoms with Crippen LogP contribution in [0.15, 0.2) is 29.3 Å². The molecule has 0 unspecified atom stereocenters. The largest absolute Gasteiger partial charge is 0.398 e. The minimum atomic E-state index is -3.80. The Kier molecular flexibility index (Phi) is 3.42. The van der Waals surface area contributed by atoms with Gasteiger partial charge in [-0.25, -0.2) is 8.42 Å². The van der Waals surface area contributed by atoms with Crippen molar-refractivity contribution in [1.29, 1.82) is 0 Å². The molecule has 0 saturated carbocycles. The number of rotatable bonds is 3. The maximum absolute atomic E-state index is 12.2. The predicted octanol–water partition coefficient (Wildman–Crippen LogP) is 1.76. The SMILES string of the molecule is Cc1cc(Cl)c(S(=O)(=O)Nc2ccnn2C)cc1N. The number of nitrogens with one attached hydrogen (secondary N) is 1. The van der Waals surface area contributed by atoms with Crippen LogP contribution < -0.4 is 10.5 Å². The van der Waals surface area contributed by atoms with Gasteiger partial charge in [0, 0.05) is 18.8 Å². The molecule has 2 rings (SSSR count). The van der Waals surface area contributed by atoms with E-state index in [2.05, 4.69) is 9.82 Å². The van der Waals surface area contributed by atoms with Gasteiger partial charge in [-0.05, 0) is 24.6 Å². The quantitative estimate of drug-likeness (QED) is 0.845. The number of hydrogen-bond acceptors (Lipinski definition) is 4. The molecule has 6 nitrogen and oxygen atoms in total. The Morgan fingerprint density at radius 1 is 1.42 bits per heavy atom. The molecule has 19 heavy (non-hydrogen) atoms. The highest BCUT2D eigenvalue weighted by Crippen LogP contribution is 2.28. The van der Waals surface area contributed by atoms with Gasteiger partial charge in [-0.3, -0.25) is 9.40 Å². The van der Waals surface area contributed by atoms with Crippen LogP contribution in [0, 0.1) is 6.92 Å². The first-order valence-electron chi connectivity index (χ1n) is 5.37. The first-order chi connectivity index (χ1) is 8.81. The van der Waals surface area contributed by atoms with Gasteiger partial charge < -0.3 is 5.73 Å². The summed E-state index contributed by atoms with van der Waals surface area (Å²) in [6, 6.07) is 4.41. The molecule has 3 N–H and O–H groups in total. The summed E-state index contributed by atoms with van der Waals surface area (Å²) in [5.74, 6) is 0.343. The van der Waals surface area contributed by atoms with Crippen molar-refractivity contribution in [3.8, 4) is 0 Å². The summed E-state index contributed by atoms with van der Waals surface area (Å²) in [5, 5.41) is 4.01. The molecule has 0 bridgehead atoms. The summed E-state index contributed by atoms with van der Waals surface area (Å²) in [5.41, 5.74) is 6.82. The van der Waals surface area contributed by atoms with E-state index in [9.17, 15) is 8.42 Å². The van der Waals surface area contributed by atoms with E-state index >= 15 is 0 Å². The fourth-order valence-corrected chi connectivity index (χ4v) is 3.25. The molecule has 0 aliphatic heterocycles. The van der Waals surface area contributed by atoms with E-state index in [1.54, 1.807) is 20.0 Å². The normalized spacial score (nSPS) is 11.5. The number of nitrogens with two attached hydrogens (primary N) is 1. The van der Waals surface area contributed by atoms with Gasteiger partial charge in [0.15, 0.2) is 0 Å². The Hall–Kier alpha value is -1.73. The van der Waals surface area contributed by atoms with Gasteiger partial charge in [0.05, 0.1) is 11.2 Å². The second-order valence-corrected chi connectivity index (χ2v) is 6.14. The number of benzene rings is 1. The van der Waals surface area contributed by atoms with Crippen LogP contribution in [0.5, 0.6) is 0 Å². The zero-order valence-corrected chi connectivity index (χ0v) is 12.0. The molecule has 0 spiro atoms. The van der Waals surface area contributed by atoms with Crippen LogP contribution in [0.1, 0.15) is 5.56 Å². The number of hydrogen-bond donors (Lipinski definition) is 2. The molecular formula is C11H13ClN4O2S. The molecule has 0 fully saturated rings. The van der Waals surface area contributed by atoms with Gasteiger partial charge in [0.1, 0.15) is 10.7 Å². The maximum Gasteiger partial charge on any atom is 0.264 e. The van der Waals surface area contributed by atoms with Gasteiger partial charge in [-0.1, -0.05) is 11.6 Å². The molecule has 1 heterocycles. The Balaban J connectivity index is 2.46. The minimum absolute atomic E-state index is 0.0570. The van der Waals surface area contributed by atoms with Crippen LogP contribution in [0.4, 0.5) is 11.5 Å². The highest BCUT2D eigenvalue weighted by atomic mass is 35.5. The highest BCUT2D eigenvalue weighted by Gasteiger charge is 2.20. The molecule has 0 radical (unpaired) electrons. The summed E-state index contributed by atoms with van der Waals surface area (Å²) >= 11 is 5.97. The van der Waals surface area contributed by atoms with Crippen molar-refractivity contribution >= 4 is 33.1 Å². The summed E-state index contributed by atoms with van der Waals surface area (Å²) in [6.07, 6.45) is 1.49. The molecule has 1 aromatic heterocycles. The van der Waals surface area contributed by atoms with Gasteiger partial charge in [0.25, 0.3) is 10.0 Å². The van der Waals surface area contributed by atoms with Crippen LogP contribution in [-0.4, -0.2) is 18.2 Å². The third kappa shape index (κ3) is 2.66. The smallest absolute Gasteiger partial charge is 0.264 e. The van der Waals surface area contributed by atoms with Crippen LogP contribution in [0.25, 0.3) is 0 Å². The van der Waals surface area contributed by atoms with Gasteiger partial charge >= 0.3 is 0 Å². The second-order valence-electron chi connectivity index (χ2n) is 4.08. The molecular weight excluding hydrogens is 288 g/mol. The first kappa shape index (κ1) is 13.7. The van der Waals surface area contributed by atoms with E-state index in [-0.39, 0.29) is 9.92 Å². The van der Waals surface area contributed by atoms with Crippen molar-refractivity contribution in [3.05, 3.63) is 35.0 Å². The number of halogens is 1. The standard InChI is InChI=1S/C11H13ClN4O2S/c1-7-5-8(12)10(6-9(7)13)19(17,18)15-11-3-4-14-16(11)2/h3-6,15H,13H2,1-2H3. The number of aromatic nitrogens is 2. The van der Waals surface area contributed by atoms with Crippen LogP contribution in [0.2, 0.25) is 5.02 Å². The topological polar surface area (TPSA) is 90.0 Å². The average Bonchev–Trinajstić information content (AvgIpc) is 2.69. The van der Waals surface area contributed by atoms with E-state index in [1.807, 2.05) is 0 Å². The number of nitrogen functional groups attached to an aromatic ring is 1. The van der Waals surface area contributed by atoms with Gasteiger partial charge in [-0.2, -0.15) is 5.10 Å². The van der Waals surface area contributed by atoms with Crippen molar-refractivity contribution in [3.63, 3.8) is 0 Å². The third-order valence-electron chi connectivity index (χ3n) is 2.67. The fraction of sp³-hybridized carbons (Fsp3) is 0.182. The zero-order valence-electron chi connectivity index (χ0n) is 10.4. The molecule has 8 heteroatoms. The summed E-state index contributed by atoms with van der Waals surface area (Å²) in [4.78, 5) is -0.0570. The van der Waals surface area contributed by atoms with Gasteiger partial charge in [0.2, 0.25) is 0 Å². The molecule has 0 amide bonds. The summed E-state index contributed by atoms with van der Waals surface area (Å²) in [6.45, 7) is 1.76. The average molecular weight is 301 g/mol. The second kappa shape index (κ2) is 4.75. The maximum atomic E-state index is 12.2. The van der Waals surface area contributed by atoms with Crippen molar-refractivity contribution in [1.82, 2.24) is 9.78 Å². The van der Waals surface area contributed by atoms with E-state index in [0.717, 1.165) is 5.56 Å². The van der Waals surface area contributed by atoms with E-state index < -0.39 is 10.0 Å². The predicted molar refractivity (Wildman–Crippen MR) is 74.6 cm³/mol. The lowest BCUT2D eigenvalue weighted by atomic mass is 10.2. The van der Waals surface area contributed by atoms with Crippen molar-refractivity contribution < 1.29 is 8.42 Å². The Morgan fingerprint density at radius 2 is 2.11 bits per heavy atom. The van der Waals surface area contributed by atoms with Crippen molar-refractivity contribution in [2.75, 3.05) is 10.5 Å². The summed E-state index contributed by atoms with van der Waals surface area (Å²) < 4.78 is 28.3. The van der Waals surface area contributed by atoms with Crippen molar-refractivity contribution in [2.24, 2.45) is 7.05 Å². The highest BCUT2D eigenvalue weighted by molar-refractivity contribution is 7.92. The Labute approximate surface area is 116 Å². The fourth-order valence-electron chi connectivity index (χ4n) is 1.54. The van der Waals surface area contributed by atoms with Gasteiger partial charge in [-0.15, -0.1) is 0 Å². The zero-order chi connectivity index (χ0) is 14.2. The lowest BCUT2D eigenvalue weighted by Gasteiger charge is -2.11. The number of anilines is 2. The third-order valence-corrected chi connectivity index (χ3v) is 4.49. The Bertz CT molecular complexity index is 724. The van der Waals surface area contributed by atoms with E-state index in [4.69, 9.17) is 17.3 Å². The number of aryl methyl sites for hydroxylation is 2. The van der Waals surface area contributed by atoms with Crippen molar-refractivity contribution in [2.45, 2.75) is 11.8 Å².